The average molecular weight is 416 g/mol. The molecule has 0 bridgehead atoms. The Balaban J connectivity index is 1.36. The molecule has 0 radical (unpaired) electrons. The number of benzene rings is 2. The van der Waals surface area contributed by atoms with Gasteiger partial charge in [0.2, 0.25) is 5.91 Å². The van der Waals surface area contributed by atoms with Crippen LogP contribution >= 0.6 is 0 Å². The Bertz CT molecular complexity index is 879. The van der Waals surface area contributed by atoms with Gasteiger partial charge in [0.15, 0.2) is 0 Å². The summed E-state index contributed by atoms with van der Waals surface area (Å²) in [5.41, 5.74) is 1.03. The smallest absolute Gasteiger partial charge is 0.256 e. The number of hydrogen-bond donors (Lipinski definition) is 1. The summed E-state index contributed by atoms with van der Waals surface area (Å²) in [6, 6.07) is 10.7. The van der Waals surface area contributed by atoms with E-state index in [0.717, 1.165) is 17.4 Å². The number of nitrogens with zero attached hydrogens (tertiary/aromatic N) is 1. The van der Waals surface area contributed by atoms with E-state index in [1.807, 2.05) is 31.2 Å². The number of ether oxygens (including phenoxy) is 1. The van der Waals surface area contributed by atoms with Crippen LogP contribution in [0.4, 0.5) is 8.78 Å². The van der Waals surface area contributed by atoms with Crippen molar-refractivity contribution in [3.05, 3.63) is 65.2 Å². The topological polar surface area (TPSA) is 58.6 Å². The minimum Gasteiger partial charge on any atom is -0.494 e. The second-order valence-corrected chi connectivity index (χ2v) is 7.52. The molecule has 1 saturated heterocycles. The van der Waals surface area contributed by atoms with Gasteiger partial charge in [-0.15, -0.1) is 0 Å². The molecule has 30 heavy (non-hydrogen) atoms. The molecule has 1 aliphatic heterocycles. The fourth-order valence-electron chi connectivity index (χ4n) is 3.42. The van der Waals surface area contributed by atoms with Gasteiger partial charge < -0.3 is 15.0 Å². The van der Waals surface area contributed by atoms with Crippen molar-refractivity contribution in [2.24, 2.45) is 0 Å². The summed E-state index contributed by atoms with van der Waals surface area (Å²) in [7, 11) is 0. The van der Waals surface area contributed by atoms with Crippen molar-refractivity contribution < 1.29 is 23.1 Å². The van der Waals surface area contributed by atoms with E-state index in [0.29, 0.717) is 51.4 Å². The lowest BCUT2D eigenvalue weighted by atomic mass is 10.0. The Morgan fingerprint density at radius 1 is 1.10 bits per heavy atom. The second-order valence-electron chi connectivity index (χ2n) is 7.52. The molecule has 1 heterocycles. The number of carbonyl (C=O) groups excluding carboxylic acids is 2. The highest BCUT2D eigenvalue weighted by molar-refractivity contribution is 5.94. The van der Waals surface area contributed by atoms with E-state index < -0.39 is 17.5 Å². The summed E-state index contributed by atoms with van der Waals surface area (Å²) >= 11 is 0. The van der Waals surface area contributed by atoms with Crippen LogP contribution in [0.1, 0.15) is 41.6 Å². The summed E-state index contributed by atoms with van der Waals surface area (Å²) < 4.78 is 32.5. The van der Waals surface area contributed by atoms with Crippen molar-refractivity contribution in [3.63, 3.8) is 0 Å². The van der Waals surface area contributed by atoms with Gasteiger partial charge in [-0.2, -0.15) is 0 Å². The molecule has 160 valence electrons. The first kappa shape index (κ1) is 21.7. The summed E-state index contributed by atoms with van der Waals surface area (Å²) in [5.74, 6) is -1.28. The first-order valence-corrected chi connectivity index (χ1v) is 10.2. The van der Waals surface area contributed by atoms with E-state index in [4.69, 9.17) is 4.74 Å². The van der Waals surface area contributed by atoms with Crippen LogP contribution in [0.25, 0.3) is 0 Å². The standard InChI is InChI=1S/C23H26F2N2O3/c1-16-4-7-19(8-5-16)30-14-2-3-22(28)26-18-10-12-27(13-11-18)23(29)20-9-6-17(24)15-21(20)25/h4-9,15,18H,2-3,10-14H2,1H3,(H,26,28). The molecule has 1 N–H and O–H groups in total. The molecule has 0 spiro atoms. The Labute approximate surface area is 175 Å². The molecule has 2 aromatic carbocycles. The van der Waals surface area contributed by atoms with E-state index in [1.165, 1.54) is 11.0 Å². The predicted octanol–water partition coefficient (Wildman–Crippen LogP) is 3.85. The molecule has 0 saturated carbocycles. The van der Waals surface area contributed by atoms with Crippen molar-refractivity contribution in [1.29, 1.82) is 0 Å². The quantitative estimate of drug-likeness (QED) is 0.698. The van der Waals surface area contributed by atoms with Gasteiger partial charge in [0.25, 0.3) is 5.91 Å². The van der Waals surface area contributed by atoms with Gasteiger partial charge in [0.1, 0.15) is 17.4 Å². The summed E-state index contributed by atoms with van der Waals surface area (Å²) in [6.45, 7) is 3.30. The fourth-order valence-corrected chi connectivity index (χ4v) is 3.42. The highest BCUT2D eigenvalue weighted by Crippen LogP contribution is 2.17. The monoisotopic (exact) mass is 416 g/mol. The molecule has 0 aromatic heterocycles. The van der Waals surface area contributed by atoms with Gasteiger partial charge in [-0.1, -0.05) is 17.7 Å². The molecule has 7 heteroatoms. The number of aryl methyl sites for hydroxylation is 1. The number of rotatable bonds is 7. The van der Waals surface area contributed by atoms with E-state index in [1.54, 1.807) is 0 Å². The van der Waals surface area contributed by atoms with Crippen molar-refractivity contribution >= 4 is 11.8 Å². The number of piperidine rings is 1. The van der Waals surface area contributed by atoms with Gasteiger partial charge in [0, 0.05) is 31.6 Å². The SMILES string of the molecule is Cc1ccc(OCCCC(=O)NC2CCN(C(=O)c3ccc(F)cc3F)CC2)cc1. The number of halogens is 2. The normalized spacial score (nSPS) is 14.4. The number of amides is 2. The molecule has 0 unspecified atom stereocenters. The fraction of sp³-hybridized carbons (Fsp3) is 0.391. The minimum absolute atomic E-state index is 0.0161. The van der Waals surface area contributed by atoms with Gasteiger partial charge in [0.05, 0.1) is 12.2 Å². The predicted molar refractivity (Wildman–Crippen MR) is 109 cm³/mol. The first-order valence-electron chi connectivity index (χ1n) is 10.2. The Morgan fingerprint density at radius 3 is 2.47 bits per heavy atom. The van der Waals surface area contributed by atoms with Crippen molar-refractivity contribution in [2.75, 3.05) is 19.7 Å². The highest BCUT2D eigenvalue weighted by atomic mass is 19.1. The third-order valence-corrected chi connectivity index (χ3v) is 5.15. The van der Waals surface area contributed by atoms with Crippen LogP contribution in [0, 0.1) is 18.6 Å². The largest absolute Gasteiger partial charge is 0.494 e. The average Bonchev–Trinajstić information content (AvgIpc) is 2.73. The highest BCUT2D eigenvalue weighted by Gasteiger charge is 2.26. The maximum Gasteiger partial charge on any atom is 0.256 e. The lowest BCUT2D eigenvalue weighted by Crippen LogP contribution is -2.46. The molecule has 1 aliphatic rings. The molecule has 0 atom stereocenters. The summed E-state index contributed by atoms with van der Waals surface area (Å²) in [4.78, 5) is 26.1. The van der Waals surface area contributed by atoms with E-state index in [2.05, 4.69) is 5.32 Å². The summed E-state index contributed by atoms with van der Waals surface area (Å²) in [5, 5.41) is 2.99. The number of likely N-dealkylation sites (tertiary alicyclic amines) is 1. The molecular formula is C23H26F2N2O3. The molecule has 1 fully saturated rings. The van der Waals surface area contributed by atoms with Crippen LogP contribution in [0.3, 0.4) is 0 Å². The molecule has 3 rings (SSSR count). The Hall–Kier alpha value is -2.96. The minimum atomic E-state index is -0.858. The van der Waals surface area contributed by atoms with Crippen LogP contribution < -0.4 is 10.1 Å². The number of hydrogen-bond acceptors (Lipinski definition) is 3. The number of nitrogens with one attached hydrogen (secondary N) is 1. The molecule has 2 amide bonds. The lowest BCUT2D eigenvalue weighted by Gasteiger charge is -2.32. The van der Waals surface area contributed by atoms with Crippen LogP contribution in [-0.4, -0.2) is 42.5 Å². The maximum absolute atomic E-state index is 13.8. The zero-order chi connectivity index (χ0) is 21.5. The Morgan fingerprint density at radius 2 is 1.80 bits per heavy atom. The second kappa shape index (κ2) is 10.2. The van der Waals surface area contributed by atoms with Gasteiger partial charge in [-0.25, -0.2) is 8.78 Å². The van der Waals surface area contributed by atoms with Crippen LogP contribution in [0.15, 0.2) is 42.5 Å². The maximum atomic E-state index is 13.8. The zero-order valence-corrected chi connectivity index (χ0v) is 17.0. The van der Waals surface area contributed by atoms with Crippen LogP contribution in [0.2, 0.25) is 0 Å². The zero-order valence-electron chi connectivity index (χ0n) is 17.0. The molecule has 5 nitrogen and oxygen atoms in total. The van der Waals surface area contributed by atoms with Crippen molar-refractivity contribution in [1.82, 2.24) is 10.2 Å². The molecule has 0 aliphatic carbocycles. The van der Waals surface area contributed by atoms with Gasteiger partial charge in [-0.05, 0) is 50.5 Å². The van der Waals surface area contributed by atoms with Crippen LogP contribution in [0.5, 0.6) is 5.75 Å². The molecular weight excluding hydrogens is 390 g/mol. The third-order valence-electron chi connectivity index (χ3n) is 5.15. The van der Waals surface area contributed by atoms with Crippen molar-refractivity contribution in [2.45, 2.75) is 38.6 Å². The van der Waals surface area contributed by atoms with Crippen molar-refractivity contribution in [3.8, 4) is 5.75 Å². The van der Waals surface area contributed by atoms with E-state index in [9.17, 15) is 18.4 Å². The van der Waals surface area contributed by atoms with Gasteiger partial charge in [-0.3, -0.25) is 9.59 Å². The summed E-state index contributed by atoms with van der Waals surface area (Å²) in [6.07, 6.45) is 2.17. The van der Waals surface area contributed by atoms with Gasteiger partial charge >= 0.3 is 0 Å². The molecule has 2 aromatic rings. The van der Waals surface area contributed by atoms with E-state index >= 15 is 0 Å². The number of carbonyl (C=O) groups is 2. The van der Waals surface area contributed by atoms with Crippen LogP contribution in [-0.2, 0) is 4.79 Å². The third kappa shape index (κ3) is 6.02. The Kier molecular flexibility index (Phi) is 7.38. The van der Waals surface area contributed by atoms with E-state index in [-0.39, 0.29) is 17.5 Å². The first-order chi connectivity index (χ1) is 14.4. The lowest BCUT2D eigenvalue weighted by molar-refractivity contribution is -0.122.